The smallest absolute Gasteiger partial charge is 0.351 e. The average molecular weight is 665 g/mol. The highest BCUT2D eigenvalue weighted by molar-refractivity contribution is 6.48. The Labute approximate surface area is 283 Å². The third-order valence-electron chi connectivity index (χ3n) is 7.90. The molecule has 6 rings (SSSR count). The maximum atomic E-state index is 13.9. The highest BCUT2D eigenvalue weighted by atomic mass is 16.7. The number of aromatic nitrogens is 4. The van der Waals surface area contributed by atoms with Crippen LogP contribution in [0.3, 0.4) is 0 Å². The van der Waals surface area contributed by atoms with E-state index in [-0.39, 0.29) is 52.2 Å². The lowest BCUT2D eigenvalue weighted by Gasteiger charge is -2.38. The molecule has 2 aromatic carbocycles. The van der Waals surface area contributed by atoms with E-state index < -0.39 is 11.6 Å². The van der Waals surface area contributed by atoms with Crippen LogP contribution in [0.1, 0.15) is 42.3 Å². The van der Waals surface area contributed by atoms with Crippen LogP contribution in [0.25, 0.3) is 11.2 Å². The molecule has 2 aliphatic heterocycles. The largest absolute Gasteiger partial charge is 0.496 e. The van der Waals surface area contributed by atoms with Gasteiger partial charge in [-0.1, -0.05) is 24.3 Å². The number of quaternary nitrogens is 1. The number of guanidine groups is 1. The lowest BCUT2D eigenvalue weighted by Crippen LogP contribution is -2.55. The van der Waals surface area contributed by atoms with Crippen molar-refractivity contribution in [2.24, 2.45) is 25.7 Å². The number of rotatable bonds is 10. The Morgan fingerprint density at radius 1 is 1.04 bits per heavy atom. The van der Waals surface area contributed by atoms with Crippen LogP contribution in [0.4, 0.5) is 11.8 Å². The first-order valence-electron chi connectivity index (χ1n) is 15.7. The van der Waals surface area contributed by atoms with Gasteiger partial charge in [-0.3, -0.25) is 0 Å². The van der Waals surface area contributed by atoms with Gasteiger partial charge in [0.15, 0.2) is 28.4 Å². The zero-order chi connectivity index (χ0) is 35.0. The molecule has 0 radical (unpaired) electrons. The highest BCUT2D eigenvalue weighted by Crippen LogP contribution is 2.37. The molecule has 0 aliphatic carbocycles. The van der Waals surface area contributed by atoms with Gasteiger partial charge in [-0.15, -0.1) is 0 Å². The van der Waals surface area contributed by atoms with Crippen molar-refractivity contribution in [3.05, 3.63) is 77.6 Å². The van der Waals surface area contributed by atoms with Crippen LogP contribution in [0.2, 0.25) is 0 Å². The number of hydrogen-bond acceptors (Lipinski definition) is 14. The third kappa shape index (κ3) is 6.14. The van der Waals surface area contributed by atoms with Gasteiger partial charge in [0.2, 0.25) is 11.9 Å². The molecule has 15 heteroatoms. The Morgan fingerprint density at radius 2 is 1.80 bits per heavy atom. The molecule has 0 fully saturated rings. The highest BCUT2D eigenvalue weighted by Gasteiger charge is 2.50. The number of nitrogens with one attached hydrogen (secondary N) is 1. The van der Waals surface area contributed by atoms with Crippen molar-refractivity contribution in [1.82, 2.24) is 24.4 Å². The normalized spacial score (nSPS) is 20.4. The van der Waals surface area contributed by atoms with E-state index in [2.05, 4.69) is 25.3 Å². The van der Waals surface area contributed by atoms with E-state index in [1.165, 1.54) is 12.4 Å². The third-order valence-corrected chi connectivity index (χ3v) is 7.90. The van der Waals surface area contributed by atoms with E-state index in [0.29, 0.717) is 28.2 Å². The Hall–Kier alpha value is -5.51. The van der Waals surface area contributed by atoms with E-state index in [4.69, 9.17) is 39.9 Å². The van der Waals surface area contributed by atoms with Gasteiger partial charge in [0.1, 0.15) is 5.75 Å². The van der Waals surface area contributed by atoms with Crippen molar-refractivity contribution in [2.75, 3.05) is 33.1 Å². The number of ether oxygens (including phenoxy) is 3. The fraction of sp³-hybridized carbons (Fsp3) is 0.324. The second-order valence-corrected chi connectivity index (χ2v) is 12.1. The number of nitrogens with zero attached hydrogens (tertiary/aromatic N) is 9. The molecular weight excluding hydrogens is 626 g/mol. The zero-order valence-corrected chi connectivity index (χ0v) is 28.4. The number of amides is 1. The van der Waals surface area contributed by atoms with E-state index in [0.717, 1.165) is 5.56 Å². The van der Waals surface area contributed by atoms with Gasteiger partial charge in [0.25, 0.3) is 5.82 Å². The number of carbonyl (C=O) groups is 1. The van der Waals surface area contributed by atoms with Gasteiger partial charge in [0, 0.05) is 24.6 Å². The molecule has 4 aromatic rings. The Morgan fingerprint density at radius 3 is 2.49 bits per heavy atom. The predicted octanol–water partition coefficient (Wildman–Crippen LogP) is 3.78. The number of benzene rings is 2. The van der Waals surface area contributed by atoms with Crippen molar-refractivity contribution >= 4 is 52.6 Å². The average Bonchev–Trinajstić information content (AvgIpc) is 3.08. The van der Waals surface area contributed by atoms with Crippen LogP contribution in [0.15, 0.2) is 80.9 Å². The lowest BCUT2D eigenvalue weighted by molar-refractivity contribution is -0.198. The number of aryl methyl sites for hydroxylation is 1. The summed E-state index contributed by atoms with van der Waals surface area (Å²) in [5.74, 6) is -0.723. The van der Waals surface area contributed by atoms with E-state index >= 15 is 0 Å². The maximum Gasteiger partial charge on any atom is 0.351 e. The fourth-order valence-electron chi connectivity index (χ4n) is 5.69. The van der Waals surface area contributed by atoms with Crippen LogP contribution in [-0.4, -0.2) is 89.4 Å². The summed E-state index contributed by atoms with van der Waals surface area (Å²) >= 11 is 0. The summed E-state index contributed by atoms with van der Waals surface area (Å²) in [5, 5.41) is 3.40. The molecule has 0 bridgehead atoms. The minimum absolute atomic E-state index is 0.0647. The minimum atomic E-state index is -1.74. The number of aliphatic imine (C=N–C) groups is 4. The summed E-state index contributed by atoms with van der Waals surface area (Å²) < 4.78 is 17.7. The monoisotopic (exact) mass is 664 g/mol. The molecule has 49 heavy (non-hydrogen) atoms. The van der Waals surface area contributed by atoms with Crippen LogP contribution < -0.4 is 20.3 Å². The number of anilines is 1. The SMILES string of the molecule is CCOC1(OC(C)C)N=C(N)N=C2N=CC(Nc3nc([N+](C)(C)C(=O)c4ccccc4)c4nccnc4n3)(c3ccc(OC)c(C)c3)N=C21. The molecule has 2 aliphatic rings. The number of carbonyl (C=O) groups excluding carboxylic acids is 1. The minimum Gasteiger partial charge on any atom is -0.496 e. The molecule has 0 saturated carbocycles. The quantitative estimate of drug-likeness (QED) is 0.187. The van der Waals surface area contributed by atoms with Crippen molar-refractivity contribution in [3.63, 3.8) is 0 Å². The number of amidine groups is 1. The summed E-state index contributed by atoms with van der Waals surface area (Å²) in [5.41, 5.74) is 7.50. The molecule has 3 N–H and O–H groups in total. The van der Waals surface area contributed by atoms with Gasteiger partial charge in [-0.05, 0) is 57.5 Å². The number of nitrogens with two attached hydrogens (primary N) is 1. The van der Waals surface area contributed by atoms with E-state index in [9.17, 15) is 4.79 Å². The molecule has 0 saturated heterocycles. The molecule has 15 nitrogen and oxygen atoms in total. The lowest BCUT2D eigenvalue weighted by atomic mass is 9.96. The van der Waals surface area contributed by atoms with Crippen molar-refractivity contribution < 1.29 is 19.0 Å². The van der Waals surface area contributed by atoms with Crippen LogP contribution in [0, 0.1) is 6.92 Å². The number of fused-ring (bicyclic) bond motifs is 2. The van der Waals surface area contributed by atoms with Crippen molar-refractivity contribution in [1.29, 1.82) is 0 Å². The summed E-state index contributed by atoms with van der Waals surface area (Å²) in [6.07, 6.45) is 4.31. The Balaban J connectivity index is 1.57. The van der Waals surface area contributed by atoms with Crippen LogP contribution in [0.5, 0.6) is 5.75 Å². The molecule has 1 amide bonds. The van der Waals surface area contributed by atoms with Gasteiger partial charge in [0.05, 0.1) is 39.1 Å². The molecule has 2 aromatic heterocycles. The van der Waals surface area contributed by atoms with Crippen molar-refractivity contribution in [2.45, 2.75) is 45.4 Å². The first-order valence-corrected chi connectivity index (χ1v) is 15.7. The molecule has 2 unspecified atom stereocenters. The van der Waals surface area contributed by atoms with Crippen LogP contribution in [-0.2, 0) is 15.1 Å². The van der Waals surface area contributed by atoms with Gasteiger partial charge in [-0.25, -0.2) is 29.2 Å². The molecule has 252 valence electrons. The second kappa shape index (κ2) is 12.8. The summed E-state index contributed by atoms with van der Waals surface area (Å²) in [6, 6.07) is 14.6. The van der Waals surface area contributed by atoms with Crippen molar-refractivity contribution in [3.8, 4) is 5.75 Å². The Kier molecular flexibility index (Phi) is 8.75. The molecular formula is C34H38N11O4+. The number of hydrogen-bond donors (Lipinski definition) is 2. The van der Waals surface area contributed by atoms with Crippen LogP contribution >= 0.6 is 0 Å². The van der Waals surface area contributed by atoms with Gasteiger partial charge in [-0.2, -0.15) is 20.0 Å². The van der Waals surface area contributed by atoms with Gasteiger partial charge < -0.3 is 25.3 Å². The van der Waals surface area contributed by atoms with E-state index in [1.807, 2.05) is 64.1 Å². The topological polar surface area (TPSA) is 184 Å². The Bertz CT molecular complexity index is 2040. The summed E-state index contributed by atoms with van der Waals surface area (Å²) in [6.45, 7) is 7.66. The molecule has 4 heterocycles. The second-order valence-electron chi connectivity index (χ2n) is 12.1. The standard InChI is InChI=1S/C34H38N11O4/c1-8-48-34(49-20(2)3)26-28(39-31(35)43-34)38-19-33(42-26,23-14-15-24(47-7)21(4)18-23)44-32-40-27-25(36-16-17-37-27)29(41-32)45(5,6)30(46)22-12-10-9-11-13-22/h9-20H,8H2,1-7H3,(H2,35,43)(H,37,40,41,44)/q+1. The summed E-state index contributed by atoms with van der Waals surface area (Å²) in [7, 11) is 5.09. The molecule has 0 spiro atoms. The maximum absolute atomic E-state index is 13.9. The molecule has 2 atom stereocenters. The van der Waals surface area contributed by atoms with E-state index in [1.54, 1.807) is 39.6 Å². The van der Waals surface area contributed by atoms with Gasteiger partial charge >= 0.3 is 11.8 Å². The first kappa shape index (κ1) is 33.4. The first-order chi connectivity index (χ1) is 23.4. The summed E-state index contributed by atoms with van der Waals surface area (Å²) in [4.78, 5) is 51.3. The fourth-order valence-corrected chi connectivity index (χ4v) is 5.69. The zero-order valence-electron chi connectivity index (χ0n) is 28.4. The number of methoxy groups -OCH3 is 1. The predicted molar refractivity (Wildman–Crippen MR) is 188 cm³/mol.